The van der Waals surface area contributed by atoms with Crippen molar-refractivity contribution in [2.24, 2.45) is 5.92 Å². The van der Waals surface area contributed by atoms with E-state index < -0.39 is 0 Å². The molecule has 4 heteroatoms. The monoisotopic (exact) mass is 240 g/mol. The molecule has 0 aliphatic heterocycles. The van der Waals surface area contributed by atoms with E-state index in [0.717, 1.165) is 5.69 Å². The molecule has 1 N–H and O–H groups in total. The maximum Gasteiger partial charge on any atom is 0.394 e. The molecule has 17 heavy (non-hydrogen) atoms. The maximum atomic E-state index is 5.58. The van der Waals surface area contributed by atoms with Crippen molar-refractivity contribution >= 4 is 0 Å². The summed E-state index contributed by atoms with van der Waals surface area (Å²) in [7, 11) is 0. The lowest BCUT2D eigenvalue weighted by Crippen LogP contribution is -2.35. The molecule has 1 unspecified atom stereocenters. The first-order chi connectivity index (χ1) is 7.78. The first-order valence-corrected chi connectivity index (χ1v) is 6.14. The van der Waals surface area contributed by atoms with Crippen molar-refractivity contribution in [2.45, 2.75) is 59.7 Å². The van der Waals surface area contributed by atoms with Crippen LogP contribution in [0.1, 0.15) is 47.2 Å². The fraction of sp³-hybridized carbons (Fsp3) is 0.769. The van der Waals surface area contributed by atoms with Crippen LogP contribution in [0.3, 0.4) is 0 Å². The Morgan fingerprint density at radius 2 is 2.00 bits per heavy atom. The Morgan fingerprint density at radius 1 is 1.35 bits per heavy atom. The molecule has 1 aromatic rings. The van der Waals surface area contributed by atoms with Gasteiger partial charge < -0.3 is 14.5 Å². The molecule has 0 spiro atoms. The summed E-state index contributed by atoms with van der Waals surface area (Å²) in [6.07, 6.45) is 2.11. The van der Waals surface area contributed by atoms with E-state index in [4.69, 9.17) is 9.15 Å². The molecule has 98 valence electrons. The van der Waals surface area contributed by atoms with E-state index in [-0.39, 0.29) is 11.6 Å². The van der Waals surface area contributed by atoms with Crippen LogP contribution in [-0.2, 0) is 6.54 Å². The number of hydrogen-bond donors (Lipinski definition) is 1. The van der Waals surface area contributed by atoms with Gasteiger partial charge in [0.1, 0.15) is 12.4 Å². The Bertz CT molecular complexity index is 339. The van der Waals surface area contributed by atoms with Crippen LogP contribution < -0.4 is 10.1 Å². The molecule has 4 nitrogen and oxygen atoms in total. The number of nitrogens with one attached hydrogen (secondary N) is 1. The van der Waals surface area contributed by atoms with Crippen molar-refractivity contribution in [3.05, 3.63) is 12.0 Å². The Kier molecular flexibility index (Phi) is 4.57. The SMILES string of the molecule is CC(C)C(C)Oc1nc(CNC(C)(C)C)co1. The predicted molar refractivity (Wildman–Crippen MR) is 68.0 cm³/mol. The second kappa shape index (κ2) is 5.54. The third-order valence-corrected chi connectivity index (χ3v) is 2.56. The van der Waals surface area contributed by atoms with E-state index >= 15 is 0 Å². The summed E-state index contributed by atoms with van der Waals surface area (Å²) < 4.78 is 10.9. The highest BCUT2D eigenvalue weighted by Gasteiger charge is 2.14. The van der Waals surface area contributed by atoms with Gasteiger partial charge >= 0.3 is 6.08 Å². The molecular formula is C13H24N2O2. The first-order valence-electron chi connectivity index (χ1n) is 6.14. The van der Waals surface area contributed by atoms with Crippen LogP contribution in [0.15, 0.2) is 10.7 Å². The molecule has 1 aromatic heterocycles. The average molecular weight is 240 g/mol. The normalized spacial score (nSPS) is 14.1. The van der Waals surface area contributed by atoms with E-state index in [0.29, 0.717) is 18.5 Å². The van der Waals surface area contributed by atoms with E-state index in [1.807, 2.05) is 6.92 Å². The van der Waals surface area contributed by atoms with E-state index in [2.05, 4.69) is 44.9 Å². The Morgan fingerprint density at radius 3 is 2.53 bits per heavy atom. The summed E-state index contributed by atoms with van der Waals surface area (Å²) in [6.45, 7) is 13.3. The summed E-state index contributed by atoms with van der Waals surface area (Å²) in [4.78, 5) is 4.28. The zero-order valence-electron chi connectivity index (χ0n) is 11.7. The first kappa shape index (κ1) is 14.0. The molecule has 1 atom stereocenters. The fourth-order valence-electron chi connectivity index (χ4n) is 1.07. The maximum absolute atomic E-state index is 5.58. The minimum absolute atomic E-state index is 0.0746. The highest BCUT2D eigenvalue weighted by Crippen LogP contribution is 2.15. The predicted octanol–water partition coefficient (Wildman–Crippen LogP) is 2.99. The number of hydrogen-bond acceptors (Lipinski definition) is 4. The molecule has 0 aliphatic carbocycles. The lowest BCUT2D eigenvalue weighted by Gasteiger charge is -2.19. The highest BCUT2D eigenvalue weighted by molar-refractivity contribution is 5.00. The Labute approximate surface area is 104 Å². The largest absolute Gasteiger partial charge is 0.447 e. The van der Waals surface area contributed by atoms with E-state index in [9.17, 15) is 0 Å². The molecule has 0 saturated heterocycles. The van der Waals surface area contributed by atoms with Gasteiger partial charge in [-0.15, -0.1) is 0 Å². The third kappa shape index (κ3) is 5.22. The molecule has 0 aliphatic rings. The molecular weight excluding hydrogens is 216 g/mol. The van der Waals surface area contributed by atoms with Gasteiger partial charge in [-0.3, -0.25) is 0 Å². The Hall–Kier alpha value is -1.03. The van der Waals surface area contributed by atoms with Gasteiger partial charge in [-0.2, -0.15) is 4.98 Å². The molecule has 0 radical (unpaired) electrons. The number of nitrogens with zero attached hydrogens (tertiary/aromatic N) is 1. The molecule has 0 bridgehead atoms. The molecule has 0 amide bonds. The van der Waals surface area contributed by atoms with Gasteiger partial charge in [-0.25, -0.2) is 0 Å². The van der Waals surface area contributed by atoms with Crippen LogP contribution in [0.4, 0.5) is 0 Å². The van der Waals surface area contributed by atoms with Crippen molar-refractivity contribution in [3.63, 3.8) is 0 Å². The van der Waals surface area contributed by atoms with E-state index in [1.165, 1.54) is 0 Å². The van der Waals surface area contributed by atoms with Crippen molar-refractivity contribution < 1.29 is 9.15 Å². The van der Waals surface area contributed by atoms with Gasteiger partial charge in [0.2, 0.25) is 0 Å². The topological polar surface area (TPSA) is 47.3 Å². The van der Waals surface area contributed by atoms with Crippen LogP contribution in [0, 0.1) is 5.92 Å². The average Bonchev–Trinajstić information content (AvgIpc) is 2.61. The minimum atomic E-state index is 0.0746. The lowest BCUT2D eigenvalue weighted by molar-refractivity contribution is 0.123. The van der Waals surface area contributed by atoms with E-state index in [1.54, 1.807) is 6.26 Å². The van der Waals surface area contributed by atoms with Crippen LogP contribution in [0.2, 0.25) is 0 Å². The number of rotatable bonds is 5. The number of aromatic nitrogens is 1. The fourth-order valence-corrected chi connectivity index (χ4v) is 1.07. The zero-order chi connectivity index (χ0) is 13.1. The highest BCUT2D eigenvalue weighted by atomic mass is 16.6. The van der Waals surface area contributed by atoms with Gasteiger partial charge in [0.25, 0.3) is 0 Å². The number of ether oxygens (including phenoxy) is 1. The van der Waals surface area contributed by atoms with Crippen molar-refractivity contribution in [2.75, 3.05) is 0 Å². The summed E-state index contributed by atoms with van der Waals surface area (Å²) in [5.74, 6) is 0.443. The molecule has 0 saturated carbocycles. The molecule has 0 fully saturated rings. The lowest BCUT2D eigenvalue weighted by atomic mass is 10.1. The Balaban J connectivity index is 2.48. The van der Waals surface area contributed by atoms with Crippen molar-refractivity contribution in [1.29, 1.82) is 0 Å². The third-order valence-electron chi connectivity index (χ3n) is 2.56. The number of oxazole rings is 1. The molecule has 1 rings (SSSR count). The van der Waals surface area contributed by atoms with Gasteiger partial charge in [0.15, 0.2) is 0 Å². The van der Waals surface area contributed by atoms with Gasteiger partial charge in [0.05, 0.1) is 5.69 Å². The van der Waals surface area contributed by atoms with Crippen LogP contribution in [0.25, 0.3) is 0 Å². The summed E-state index contributed by atoms with van der Waals surface area (Å²) >= 11 is 0. The van der Waals surface area contributed by atoms with Gasteiger partial charge in [-0.05, 0) is 33.6 Å². The van der Waals surface area contributed by atoms with Crippen LogP contribution in [0.5, 0.6) is 6.08 Å². The second-order valence-electron chi connectivity index (χ2n) is 5.78. The standard InChI is InChI=1S/C13H24N2O2/c1-9(2)10(3)17-12-15-11(8-16-12)7-14-13(4,5)6/h8-10,14H,7H2,1-6H3. The second-order valence-corrected chi connectivity index (χ2v) is 5.78. The van der Waals surface area contributed by atoms with Crippen LogP contribution in [-0.4, -0.2) is 16.6 Å². The van der Waals surface area contributed by atoms with Crippen LogP contribution >= 0.6 is 0 Å². The summed E-state index contributed by atoms with van der Waals surface area (Å²) in [6, 6.07) is 0. The summed E-state index contributed by atoms with van der Waals surface area (Å²) in [5, 5.41) is 3.35. The smallest absolute Gasteiger partial charge is 0.394 e. The minimum Gasteiger partial charge on any atom is -0.447 e. The van der Waals surface area contributed by atoms with Crippen molar-refractivity contribution in [3.8, 4) is 6.08 Å². The van der Waals surface area contributed by atoms with Gasteiger partial charge in [0, 0.05) is 12.1 Å². The van der Waals surface area contributed by atoms with Crippen molar-refractivity contribution in [1.82, 2.24) is 10.3 Å². The quantitative estimate of drug-likeness (QED) is 0.859. The molecule has 0 aromatic carbocycles. The zero-order valence-corrected chi connectivity index (χ0v) is 11.7. The van der Waals surface area contributed by atoms with Gasteiger partial charge in [-0.1, -0.05) is 13.8 Å². The summed E-state index contributed by atoms with van der Waals surface area (Å²) in [5.41, 5.74) is 0.941. The molecule has 1 heterocycles.